The van der Waals surface area contributed by atoms with E-state index in [0.29, 0.717) is 11.2 Å². The maximum Gasteiger partial charge on any atom is 0.336 e. The highest BCUT2D eigenvalue weighted by Gasteiger charge is 2.43. The zero-order chi connectivity index (χ0) is 49.7. The van der Waals surface area contributed by atoms with Crippen LogP contribution < -0.4 is 20.7 Å². The lowest BCUT2D eigenvalue weighted by Crippen LogP contribution is -2.26. The molecule has 0 aliphatic heterocycles. The third kappa shape index (κ3) is 15.5. The van der Waals surface area contributed by atoms with E-state index in [2.05, 4.69) is 76.2 Å². The highest BCUT2D eigenvalue weighted by molar-refractivity contribution is 5.84. The second-order valence-electron chi connectivity index (χ2n) is 21.1. The molecule has 0 atom stereocenters. The minimum absolute atomic E-state index is 0.0182. The van der Waals surface area contributed by atoms with E-state index in [-0.39, 0.29) is 16.7 Å². The van der Waals surface area contributed by atoms with Crippen LogP contribution in [-0.4, -0.2) is 13.2 Å². The molecule has 2 heterocycles. The smallest absolute Gasteiger partial charge is 0.336 e. The molecule has 0 bridgehead atoms. The van der Waals surface area contributed by atoms with Crippen LogP contribution in [0, 0.1) is 13.8 Å². The van der Waals surface area contributed by atoms with Gasteiger partial charge >= 0.3 is 11.3 Å². The number of ether oxygens (including phenoxy) is 2. The summed E-state index contributed by atoms with van der Waals surface area (Å²) in [6.07, 6.45) is 34.4. The minimum Gasteiger partial charge on any atom is -0.493 e. The normalized spacial score (nSPS) is 12.7. The number of hydrogen-bond donors (Lipinski definition) is 0. The summed E-state index contributed by atoms with van der Waals surface area (Å²) in [5, 5.41) is 1.99. The SMILES string of the molecule is CCCCCCCCC1(CCCCCCCC)c2cc(C)c(OCCCCCCCCc3ccc4oc(=O)ccc4c3)cc2-c2cc(OCCCCCCCCc3ccc4oc(=O)ccc4c3)c(C)cc21. The fourth-order valence-corrected chi connectivity index (χ4v) is 11.3. The van der Waals surface area contributed by atoms with Crippen LogP contribution in [0.15, 0.2) is 103 Å². The largest absolute Gasteiger partial charge is 0.493 e. The first-order valence-electron chi connectivity index (χ1n) is 28.4. The van der Waals surface area contributed by atoms with Gasteiger partial charge in [-0.05, 0) is 158 Å². The Morgan fingerprint density at radius 2 is 0.789 bits per heavy atom. The van der Waals surface area contributed by atoms with Gasteiger partial charge in [-0.2, -0.15) is 0 Å². The zero-order valence-electron chi connectivity index (χ0n) is 44.2. The van der Waals surface area contributed by atoms with E-state index in [1.807, 2.05) is 24.3 Å². The van der Waals surface area contributed by atoms with Crippen molar-refractivity contribution in [3.8, 4) is 22.6 Å². The fourth-order valence-electron chi connectivity index (χ4n) is 11.3. The Morgan fingerprint density at radius 1 is 0.408 bits per heavy atom. The summed E-state index contributed by atoms with van der Waals surface area (Å²) in [4.78, 5) is 23.1. The Labute approximate surface area is 426 Å². The summed E-state index contributed by atoms with van der Waals surface area (Å²) >= 11 is 0. The Kier molecular flexibility index (Phi) is 21.3. The second kappa shape index (κ2) is 28.2. The molecule has 2 aromatic heterocycles. The average Bonchev–Trinajstić information content (AvgIpc) is 3.61. The molecule has 0 radical (unpaired) electrons. The first-order valence-corrected chi connectivity index (χ1v) is 28.4. The highest BCUT2D eigenvalue weighted by atomic mass is 16.5. The van der Waals surface area contributed by atoms with Gasteiger partial charge < -0.3 is 18.3 Å². The van der Waals surface area contributed by atoms with Crippen molar-refractivity contribution in [3.05, 3.63) is 139 Å². The molecule has 0 amide bonds. The van der Waals surface area contributed by atoms with Crippen LogP contribution in [0.25, 0.3) is 33.1 Å². The lowest BCUT2D eigenvalue weighted by atomic mass is 9.70. The summed E-state index contributed by atoms with van der Waals surface area (Å²) in [5.74, 6) is 2.07. The molecule has 0 spiro atoms. The highest BCUT2D eigenvalue weighted by Crippen LogP contribution is 2.57. The van der Waals surface area contributed by atoms with Crippen molar-refractivity contribution in [1.82, 2.24) is 0 Å². The van der Waals surface area contributed by atoms with E-state index < -0.39 is 0 Å². The molecule has 0 N–H and O–H groups in total. The summed E-state index contributed by atoms with van der Waals surface area (Å²) in [6.45, 7) is 10.7. The van der Waals surface area contributed by atoms with Crippen LogP contribution in [0.4, 0.5) is 0 Å². The van der Waals surface area contributed by atoms with E-state index in [1.165, 1.54) is 211 Å². The molecule has 1 aliphatic carbocycles. The second-order valence-corrected chi connectivity index (χ2v) is 21.1. The van der Waals surface area contributed by atoms with E-state index in [9.17, 15) is 9.59 Å². The zero-order valence-corrected chi connectivity index (χ0v) is 44.2. The van der Waals surface area contributed by atoms with Gasteiger partial charge in [-0.3, -0.25) is 0 Å². The average molecular weight is 963 g/mol. The van der Waals surface area contributed by atoms with Crippen LogP contribution in [0.5, 0.6) is 11.5 Å². The third-order valence-electron chi connectivity index (χ3n) is 15.5. The van der Waals surface area contributed by atoms with Crippen LogP contribution in [0.2, 0.25) is 0 Å². The van der Waals surface area contributed by atoms with Gasteiger partial charge in [0.25, 0.3) is 0 Å². The van der Waals surface area contributed by atoms with Crippen molar-refractivity contribution >= 4 is 21.9 Å². The number of fused-ring (bicyclic) bond motifs is 5. The lowest BCUT2D eigenvalue weighted by Gasteiger charge is -2.33. The summed E-state index contributed by atoms with van der Waals surface area (Å²) in [7, 11) is 0. The van der Waals surface area contributed by atoms with E-state index in [0.717, 1.165) is 61.2 Å². The first kappa shape index (κ1) is 53.7. The molecule has 4 aromatic carbocycles. The van der Waals surface area contributed by atoms with Crippen molar-refractivity contribution in [1.29, 1.82) is 0 Å². The van der Waals surface area contributed by atoms with Crippen molar-refractivity contribution in [2.45, 2.75) is 213 Å². The Hall–Kier alpha value is -5.10. The van der Waals surface area contributed by atoms with Gasteiger partial charge in [0, 0.05) is 28.3 Å². The quantitative estimate of drug-likeness (QED) is 0.0296. The first-order chi connectivity index (χ1) is 34.8. The van der Waals surface area contributed by atoms with E-state index in [4.69, 9.17) is 18.3 Å². The Bertz CT molecular complexity index is 2500. The molecule has 6 aromatic rings. The van der Waals surface area contributed by atoms with E-state index >= 15 is 0 Å². The molecule has 71 heavy (non-hydrogen) atoms. The summed E-state index contributed by atoms with van der Waals surface area (Å²) in [6, 6.07) is 28.9. The molecule has 0 saturated carbocycles. The van der Waals surface area contributed by atoms with Gasteiger partial charge in [0.15, 0.2) is 0 Å². The van der Waals surface area contributed by atoms with Gasteiger partial charge in [0.05, 0.1) is 13.2 Å². The van der Waals surface area contributed by atoms with Crippen molar-refractivity contribution < 1.29 is 18.3 Å². The van der Waals surface area contributed by atoms with Crippen molar-refractivity contribution in [2.75, 3.05) is 13.2 Å². The molecule has 382 valence electrons. The standard InChI is InChI=1S/C65H86O6/c1-5-7-9-11-19-25-39-65(40-26-20-12-10-8-6-2)57-43-49(3)61(68-41-27-21-15-13-17-23-29-51-31-35-59-53(45-51)33-37-63(66)70-59)47-55(57)56-48-62(50(4)44-58(56)65)69-42-28-22-16-14-18-24-30-52-32-36-60-54(46-52)34-38-64(67)71-60/h31-38,43-48H,5-30,39-42H2,1-4H3. The van der Waals surface area contributed by atoms with Gasteiger partial charge in [0.2, 0.25) is 0 Å². The van der Waals surface area contributed by atoms with Crippen LogP contribution in [0.3, 0.4) is 0 Å². The summed E-state index contributed by atoms with van der Waals surface area (Å²) < 4.78 is 24.0. The molecular weight excluding hydrogens is 877 g/mol. The maximum absolute atomic E-state index is 11.6. The van der Waals surface area contributed by atoms with Crippen molar-refractivity contribution in [3.63, 3.8) is 0 Å². The van der Waals surface area contributed by atoms with Gasteiger partial charge in [0.1, 0.15) is 22.7 Å². The molecule has 6 heteroatoms. The number of aryl methyl sites for hydroxylation is 4. The number of rotatable bonds is 34. The number of benzene rings is 4. The molecule has 0 saturated heterocycles. The van der Waals surface area contributed by atoms with Crippen LogP contribution >= 0.6 is 0 Å². The molecule has 6 nitrogen and oxygen atoms in total. The number of hydrogen-bond acceptors (Lipinski definition) is 6. The summed E-state index contributed by atoms with van der Waals surface area (Å²) in [5.41, 5.74) is 11.7. The van der Waals surface area contributed by atoms with Crippen LogP contribution in [0.1, 0.15) is 214 Å². The topological polar surface area (TPSA) is 78.9 Å². The van der Waals surface area contributed by atoms with Gasteiger partial charge in [-0.25, -0.2) is 9.59 Å². The lowest BCUT2D eigenvalue weighted by molar-refractivity contribution is 0.302. The molecule has 0 unspecified atom stereocenters. The Balaban J connectivity index is 0.950. The van der Waals surface area contributed by atoms with Crippen molar-refractivity contribution in [2.24, 2.45) is 0 Å². The number of unbranched alkanes of at least 4 members (excludes halogenated alkanes) is 20. The monoisotopic (exact) mass is 963 g/mol. The third-order valence-corrected chi connectivity index (χ3v) is 15.5. The molecule has 0 fully saturated rings. The van der Waals surface area contributed by atoms with Crippen LogP contribution in [-0.2, 0) is 18.3 Å². The van der Waals surface area contributed by atoms with E-state index in [1.54, 1.807) is 0 Å². The fraction of sp³-hybridized carbons (Fsp3) is 0.538. The van der Waals surface area contributed by atoms with Gasteiger partial charge in [-0.15, -0.1) is 0 Å². The molecular formula is C65H86O6. The molecule has 1 aliphatic rings. The van der Waals surface area contributed by atoms with Gasteiger partial charge in [-0.1, -0.05) is 167 Å². The minimum atomic E-state index is -0.297. The predicted molar refractivity (Wildman–Crippen MR) is 297 cm³/mol. The maximum atomic E-state index is 11.6. The predicted octanol–water partition coefficient (Wildman–Crippen LogP) is 18.2. The molecule has 7 rings (SSSR count). The Morgan fingerprint density at radius 3 is 1.21 bits per heavy atom.